The number of halogens is 1. The number of hydrogen-bond acceptors (Lipinski definition) is 2. The van der Waals surface area contributed by atoms with Gasteiger partial charge in [0.25, 0.3) is 0 Å². The Labute approximate surface area is 126 Å². The molecule has 3 nitrogen and oxygen atoms in total. The van der Waals surface area contributed by atoms with E-state index in [2.05, 4.69) is 25.5 Å². The molecule has 0 aromatic heterocycles. The minimum absolute atomic E-state index is 0.00916. The highest BCUT2D eigenvalue weighted by Gasteiger charge is 2.61. The zero-order chi connectivity index (χ0) is 15.5. The van der Waals surface area contributed by atoms with Gasteiger partial charge in [-0.2, -0.15) is 0 Å². The molecule has 0 aliphatic heterocycles. The molecule has 0 saturated heterocycles. The Hall–Kier alpha value is -0.940. The van der Waals surface area contributed by atoms with Crippen LogP contribution in [0.2, 0.25) is 0 Å². The molecule has 1 aromatic rings. The maximum absolute atomic E-state index is 12.9. The molecule has 2 aliphatic rings. The SMILES string of the molecule is CC1(C)[C@H]2CC[C@@]1(C)[C@H](NS(=O)(=O)c1ccc(F)cc1)C2. The number of hydrogen-bond donors (Lipinski definition) is 1. The van der Waals surface area contributed by atoms with Gasteiger partial charge in [0, 0.05) is 6.04 Å². The Morgan fingerprint density at radius 3 is 2.29 bits per heavy atom. The normalized spacial score (nSPS) is 34.3. The molecule has 0 unspecified atom stereocenters. The molecule has 0 amide bonds. The van der Waals surface area contributed by atoms with Gasteiger partial charge in [-0.15, -0.1) is 0 Å². The first-order valence-electron chi connectivity index (χ1n) is 7.45. The maximum Gasteiger partial charge on any atom is 0.240 e. The van der Waals surface area contributed by atoms with E-state index in [0.717, 1.165) is 12.8 Å². The summed E-state index contributed by atoms with van der Waals surface area (Å²) >= 11 is 0. The van der Waals surface area contributed by atoms with Crippen molar-refractivity contribution in [1.82, 2.24) is 4.72 Å². The molecule has 0 spiro atoms. The topological polar surface area (TPSA) is 46.2 Å². The summed E-state index contributed by atoms with van der Waals surface area (Å²) in [6.45, 7) is 6.69. The highest BCUT2D eigenvalue weighted by atomic mass is 32.2. The Morgan fingerprint density at radius 1 is 1.19 bits per heavy atom. The highest BCUT2D eigenvalue weighted by Crippen LogP contribution is 2.65. The maximum atomic E-state index is 12.9. The first-order chi connectivity index (χ1) is 9.67. The molecule has 1 N–H and O–H groups in total. The monoisotopic (exact) mass is 311 g/mol. The third-order valence-corrected chi connectivity index (χ3v) is 7.70. The molecule has 1 aromatic carbocycles. The van der Waals surface area contributed by atoms with Crippen LogP contribution >= 0.6 is 0 Å². The van der Waals surface area contributed by atoms with Gasteiger partial charge in [-0.1, -0.05) is 20.8 Å². The summed E-state index contributed by atoms with van der Waals surface area (Å²) in [5.41, 5.74) is 0.147. The fourth-order valence-electron chi connectivity index (χ4n) is 4.25. The van der Waals surface area contributed by atoms with Gasteiger partial charge in [0.05, 0.1) is 4.90 Å². The van der Waals surface area contributed by atoms with Crippen LogP contribution in [-0.2, 0) is 10.0 Å². The lowest BCUT2D eigenvalue weighted by molar-refractivity contribution is 0.130. The molecule has 2 fully saturated rings. The molecule has 0 heterocycles. The first kappa shape index (κ1) is 15.0. The van der Waals surface area contributed by atoms with Gasteiger partial charge in [0.1, 0.15) is 5.82 Å². The van der Waals surface area contributed by atoms with Gasteiger partial charge in [0.2, 0.25) is 10.0 Å². The van der Waals surface area contributed by atoms with Gasteiger partial charge in [0.15, 0.2) is 0 Å². The zero-order valence-electron chi connectivity index (χ0n) is 12.7. The summed E-state index contributed by atoms with van der Waals surface area (Å²) < 4.78 is 40.8. The molecular weight excluding hydrogens is 289 g/mol. The molecule has 2 aliphatic carbocycles. The predicted molar refractivity (Wildman–Crippen MR) is 79.7 cm³/mol. The average molecular weight is 311 g/mol. The lowest BCUT2D eigenvalue weighted by Gasteiger charge is -2.39. The molecule has 0 radical (unpaired) electrons. The van der Waals surface area contributed by atoms with Crippen LogP contribution < -0.4 is 4.72 Å². The third kappa shape index (κ3) is 2.13. The number of nitrogens with one attached hydrogen (secondary N) is 1. The molecule has 5 heteroatoms. The number of benzene rings is 1. The van der Waals surface area contributed by atoms with E-state index in [1.165, 1.54) is 30.7 Å². The molecule has 2 saturated carbocycles. The zero-order valence-corrected chi connectivity index (χ0v) is 13.5. The number of fused-ring (bicyclic) bond motifs is 2. The molecule has 3 atom stereocenters. The van der Waals surface area contributed by atoms with E-state index in [1.807, 2.05) is 0 Å². The second-order valence-electron chi connectivity index (χ2n) is 7.24. The Bertz CT molecular complexity index is 653. The minimum atomic E-state index is -3.59. The lowest BCUT2D eigenvalue weighted by atomic mass is 9.69. The van der Waals surface area contributed by atoms with Crippen molar-refractivity contribution >= 4 is 10.0 Å². The van der Waals surface area contributed by atoms with Crippen molar-refractivity contribution in [1.29, 1.82) is 0 Å². The van der Waals surface area contributed by atoms with Crippen molar-refractivity contribution < 1.29 is 12.8 Å². The number of rotatable bonds is 3. The molecule has 116 valence electrons. The van der Waals surface area contributed by atoms with E-state index in [0.29, 0.717) is 5.92 Å². The van der Waals surface area contributed by atoms with Crippen LogP contribution in [0.5, 0.6) is 0 Å². The van der Waals surface area contributed by atoms with Crippen LogP contribution in [0.3, 0.4) is 0 Å². The second-order valence-corrected chi connectivity index (χ2v) is 8.95. The lowest BCUT2D eigenvalue weighted by Crippen LogP contribution is -2.46. The largest absolute Gasteiger partial charge is 0.240 e. The second kappa shape index (κ2) is 4.53. The van der Waals surface area contributed by atoms with E-state index in [1.54, 1.807) is 0 Å². The van der Waals surface area contributed by atoms with E-state index in [9.17, 15) is 12.8 Å². The summed E-state index contributed by atoms with van der Waals surface area (Å²) in [6, 6.07) is 4.96. The van der Waals surface area contributed by atoms with Crippen LogP contribution in [0.25, 0.3) is 0 Å². The highest BCUT2D eigenvalue weighted by molar-refractivity contribution is 7.89. The standard InChI is InChI=1S/C16H22FNO2S/c1-15(2)11-8-9-16(15,3)14(10-11)18-21(19,20)13-6-4-12(17)5-7-13/h4-7,11,14,18H,8-10H2,1-3H3/t11-,14+,16-/m0/s1. The molecular formula is C16H22FNO2S. The van der Waals surface area contributed by atoms with Crippen LogP contribution in [0.4, 0.5) is 4.39 Å². The smallest absolute Gasteiger partial charge is 0.207 e. The van der Waals surface area contributed by atoms with Gasteiger partial charge >= 0.3 is 0 Å². The van der Waals surface area contributed by atoms with Crippen molar-refractivity contribution in [2.24, 2.45) is 16.7 Å². The molecule has 21 heavy (non-hydrogen) atoms. The fraction of sp³-hybridized carbons (Fsp3) is 0.625. The van der Waals surface area contributed by atoms with Crippen molar-refractivity contribution in [3.8, 4) is 0 Å². The van der Waals surface area contributed by atoms with E-state index in [4.69, 9.17) is 0 Å². The van der Waals surface area contributed by atoms with Crippen LogP contribution in [-0.4, -0.2) is 14.5 Å². The van der Waals surface area contributed by atoms with E-state index < -0.39 is 15.8 Å². The van der Waals surface area contributed by atoms with Crippen molar-refractivity contribution in [2.45, 2.75) is 51.0 Å². The van der Waals surface area contributed by atoms with Crippen molar-refractivity contribution in [2.75, 3.05) is 0 Å². The van der Waals surface area contributed by atoms with Crippen LogP contribution in [0, 0.1) is 22.6 Å². The van der Waals surface area contributed by atoms with E-state index >= 15 is 0 Å². The summed E-state index contributed by atoms with van der Waals surface area (Å²) in [4.78, 5) is 0.132. The summed E-state index contributed by atoms with van der Waals surface area (Å²) in [7, 11) is -3.59. The van der Waals surface area contributed by atoms with E-state index in [-0.39, 0.29) is 21.8 Å². The summed E-state index contributed by atoms with van der Waals surface area (Å²) in [5.74, 6) is 0.144. The van der Waals surface area contributed by atoms with Crippen molar-refractivity contribution in [3.63, 3.8) is 0 Å². The third-order valence-electron chi connectivity index (χ3n) is 6.22. The Kier molecular flexibility index (Phi) is 3.23. The Morgan fingerprint density at radius 2 is 1.81 bits per heavy atom. The Balaban J connectivity index is 1.86. The quantitative estimate of drug-likeness (QED) is 0.931. The van der Waals surface area contributed by atoms with Gasteiger partial charge in [-0.25, -0.2) is 17.5 Å². The van der Waals surface area contributed by atoms with Crippen molar-refractivity contribution in [3.05, 3.63) is 30.1 Å². The van der Waals surface area contributed by atoms with Crippen LogP contribution in [0.1, 0.15) is 40.0 Å². The molecule has 3 rings (SSSR count). The van der Waals surface area contributed by atoms with Gasteiger partial charge < -0.3 is 0 Å². The molecule has 2 bridgehead atoms. The minimum Gasteiger partial charge on any atom is -0.207 e. The van der Waals surface area contributed by atoms with Gasteiger partial charge in [-0.3, -0.25) is 0 Å². The average Bonchev–Trinajstić information content (AvgIpc) is 2.72. The first-order valence-corrected chi connectivity index (χ1v) is 8.93. The number of sulfonamides is 1. The fourth-order valence-corrected chi connectivity index (χ4v) is 5.61. The summed E-state index contributed by atoms with van der Waals surface area (Å²) in [5, 5.41) is 0. The predicted octanol–water partition coefficient (Wildman–Crippen LogP) is 3.32. The van der Waals surface area contributed by atoms with Gasteiger partial charge in [-0.05, 0) is 60.3 Å². The summed E-state index contributed by atoms with van der Waals surface area (Å²) in [6.07, 6.45) is 3.13. The van der Waals surface area contributed by atoms with Crippen LogP contribution in [0.15, 0.2) is 29.2 Å².